The van der Waals surface area contributed by atoms with Gasteiger partial charge in [0.25, 0.3) is 0 Å². The first kappa shape index (κ1) is 29.5. The van der Waals surface area contributed by atoms with Crippen molar-refractivity contribution in [2.45, 2.75) is 63.5 Å². The van der Waals surface area contributed by atoms with Crippen molar-refractivity contribution in [1.29, 1.82) is 0 Å². The van der Waals surface area contributed by atoms with Crippen LogP contribution in [0.25, 0.3) is 0 Å². The van der Waals surface area contributed by atoms with Crippen molar-refractivity contribution in [2.24, 2.45) is 5.92 Å². The Labute approximate surface area is 103 Å². The molecule has 0 saturated carbocycles. The molecule has 0 saturated heterocycles. The SMILES string of the molecule is C.C.C.C.CCOC(C(C)=O)C(C)C(C)=O. The minimum Gasteiger partial charge on any atom is -0.370 e. The largest absolute Gasteiger partial charge is 0.370 e. The fraction of sp³-hybridized carbons (Fsp3) is 0.846. The maximum Gasteiger partial charge on any atom is 0.159 e. The van der Waals surface area contributed by atoms with Gasteiger partial charge in [0.15, 0.2) is 5.78 Å². The lowest BCUT2D eigenvalue weighted by atomic mass is 9.98. The standard InChI is InChI=1S/C9H16O3.4CH4/c1-5-12-9(8(4)11)6(2)7(3)10;;;;/h6,9H,5H2,1-4H3;4*1H4. The summed E-state index contributed by atoms with van der Waals surface area (Å²) in [6.45, 7) is 6.90. The minimum atomic E-state index is -0.563. The van der Waals surface area contributed by atoms with Crippen molar-refractivity contribution in [3.8, 4) is 0 Å². The fourth-order valence-corrected chi connectivity index (χ4v) is 1.01. The van der Waals surface area contributed by atoms with Crippen LogP contribution < -0.4 is 0 Å². The molecule has 3 nitrogen and oxygen atoms in total. The number of carbonyl (C=O) groups excluding carboxylic acids is 2. The van der Waals surface area contributed by atoms with Crippen molar-refractivity contribution in [3.05, 3.63) is 0 Å². The van der Waals surface area contributed by atoms with Gasteiger partial charge in [-0.1, -0.05) is 36.6 Å². The molecule has 0 rings (SSSR count). The molecule has 0 aromatic carbocycles. The van der Waals surface area contributed by atoms with E-state index in [0.717, 1.165) is 0 Å². The van der Waals surface area contributed by atoms with Gasteiger partial charge < -0.3 is 4.74 Å². The summed E-state index contributed by atoms with van der Waals surface area (Å²) in [7, 11) is 0. The van der Waals surface area contributed by atoms with E-state index in [0.29, 0.717) is 6.61 Å². The first-order valence-corrected chi connectivity index (χ1v) is 4.13. The van der Waals surface area contributed by atoms with Gasteiger partial charge in [0.2, 0.25) is 0 Å². The van der Waals surface area contributed by atoms with E-state index < -0.39 is 6.10 Å². The second-order valence-corrected chi connectivity index (χ2v) is 2.89. The highest BCUT2D eigenvalue weighted by molar-refractivity contribution is 5.88. The van der Waals surface area contributed by atoms with Gasteiger partial charge in [-0.3, -0.25) is 9.59 Å². The number of Topliss-reactive ketones (excluding diaryl/α,β-unsaturated/α-hetero) is 2. The molecule has 0 aliphatic heterocycles. The van der Waals surface area contributed by atoms with E-state index in [-0.39, 0.29) is 47.2 Å². The number of ketones is 2. The molecule has 0 amide bonds. The van der Waals surface area contributed by atoms with Crippen molar-refractivity contribution in [1.82, 2.24) is 0 Å². The summed E-state index contributed by atoms with van der Waals surface area (Å²) in [4.78, 5) is 21.9. The molecular formula is C13H32O3. The maximum absolute atomic E-state index is 11.0. The zero-order valence-corrected chi connectivity index (χ0v) is 8.09. The van der Waals surface area contributed by atoms with Crippen molar-refractivity contribution < 1.29 is 14.3 Å². The zero-order chi connectivity index (χ0) is 9.72. The minimum absolute atomic E-state index is 0. The van der Waals surface area contributed by atoms with Gasteiger partial charge in [0.1, 0.15) is 11.9 Å². The van der Waals surface area contributed by atoms with Gasteiger partial charge >= 0.3 is 0 Å². The highest BCUT2D eigenvalue weighted by Crippen LogP contribution is 2.09. The molecule has 0 fully saturated rings. The van der Waals surface area contributed by atoms with E-state index in [4.69, 9.17) is 4.74 Å². The van der Waals surface area contributed by atoms with Crippen LogP contribution in [0.15, 0.2) is 0 Å². The Hall–Kier alpha value is -0.700. The van der Waals surface area contributed by atoms with Gasteiger partial charge in [0.05, 0.1) is 0 Å². The maximum atomic E-state index is 11.0. The van der Waals surface area contributed by atoms with Gasteiger partial charge in [-0.25, -0.2) is 0 Å². The molecule has 0 aromatic heterocycles. The molecule has 0 bridgehead atoms. The molecule has 2 unspecified atom stereocenters. The highest BCUT2D eigenvalue weighted by atomic mass is 16.5. The normalized spacial score (nSPS) is 11.5. The number of hydrogen-bond donors (Lipinski definition) is 0. The molecule has 2 atom stereocenters. The van der Waals surface area contributed by atoms with E-state index in [1.807, 2.05) is 6.92 Å². The molecule has 0 aromatic rings. The van der Waals surface area contributed by atoms with Crippen molar-refractivity contribution in [3.63, 3.8) is 0 Å². The Morgan fingerprint density at radius 2 is 1.38 bits per heavy atom. The second kappa shape index (κ2) is 14.3. The molecular weight excluding hydrogens is 204 g/mol. The van der Waals surface area contributed by atoms with Crippen molar-refractivity contribution in [2.75, 3.05) is 6.61 Å². The van der Waals surface area contributed by atoms with Crippen molar-refractivity contribution >= 4 is 11.6 Å². The molecule has 0 aliphatic rings. The predicted octanol–water partition coefficient (Wildman–Crippen LogP) is 3.75. The third kappa shape index (κ3) is 9.84. The number of carbonyl (C=O) groups is 2. The lowest BCUT2D eigenvalue weighted by Gasteiger charge is -2.18. The molecule has 16 heavy (non-hydrogen) atoms. The monoisotopic (exact) mass is 236 g/mol. The van der Waals surface area contributed by atoms with E-state index in [1.165, 1.54) is 13.8 Å². The Bertz CT molecular complexity index is 176. The topological polar surface area (TPSA) is 43.4 Å². The first-order valence-electron chi connectivity index (χ1n) is 4.13. The Morgan fingerprint density at radius 3 is 1.56 bits per heavy atom. The predicted molar refractivity (Wildman–Crippen MR) is 72.9 cm³/mol. The van der Waals surface area contributed by atoms with Crippen LogP contribution in [0.2, 0.25) is 0 Å². The Morgan fingerprint density at radius 1 is 1.00 bits per heavy atom. The third-order valence-corrected chi connectivity index (χ3v) is 1.84. The van der Waals surface area contributed by atoms with Crippen LogP contribution in [-0.2, 0) is 14.3 Å². The molecule has 102 valence electrons. The summed E-state index contributed by atoms with van der Waals surface area (Å²) in [5.41, 5.74) is 0. The summed E-state index contributed by atoms with van der Waals surface area (Å²) in [5.74, 6) is -0.425. The van der Waals surface area contributed by atoms with Crippen LogP contribution in [0.4, 0.5) is 0 Å². The molecule has 0 heterocycles. The number of ether oxygens (including phenoxy) is 1. The summed E-state index contributed by atoms with van der Waals surface area (Å²) < 4.78 is 5.16. The van der Waals surface area contributed by atoms with E-state index in [2.05, 4.69) is 0 Å². The van der Waals surface area contributed by atoms with E-state index in [1.54, 1.807) is 6.92 Å². The zero-order valence-electron chi connectivity index (χ0n) is 8.09. The number of rotatable bonds is 5. The Balaban J connectivity index is -0.000000101. The quantitative estimate of drug-likeness (QED) is 0.730. The van der Waals surface area contributed by atoms with Gasteiger partial charge in [-0.05, 0) is 20.8 Å². The van der Waals surface area contributed by atoms with E-state index >= 15 is 0 Å². The second-order valence-electron chi connectivity index (χ2n) is 2.89. The Kier molecular flexibility index (Phi) is 26.4. The van der Waals surface area contributed by atoms with Crippen LogP contribution in [0, 0.1) is 5.92 Å². The van der Waals surface area contributed by atoms with Crippen LogP contribution in [0.5, 0.6) is 0 Å². The summed E-state index contributed by atoms with van der Waals surface area (Å²) in [6.07, 6.45) is -0.563. The van der Waals surface area contributed by atoms with Gasteiger partial charge in [-0.2, -0.15) is 0 Å². The molecule has 3 heteroatoms. The smallest absolute Gasteiger partial charge is 0.159 e. The highest BCUT2D eigenvalue weighted by Gasteiger charge is 2.25. The van der Waals surface area contributed by atoms with Crippen LogP contribution in [0.3, 0.4) is 0 Å². The number of hydrogen-bond acceptors (Lipinski definition) is 3. The first-order chi connectivity index (χ1) is 5.50. The summed E-state index contributed by atoms with van der Waals surface area (Å²) in [5, 5.41) is 0. The molecule has 0 radical (unpaired) electrons. The molecule has 0 spiro atoms. The van der Waals surface area contributed by atoms with Crippen LogP contribution >= 0.6 is 0 Å². The lowest BCUT2D eigenvalue weighted by Crippen LogP contribution is -2.33. The lowest BCUT2D eigenvalue weighted by molar-refractivity contribution is -0.138. The van der Waals surface area contributed by atoms with Crippen LogP contribution in [-0.4, -0.2) is 24.3 Å². The fourth-order valence-electron chi connectivity index (χ4n) is 1.01. The van der Waals surface area contributed by atoms with Gasteiger partial charge in [0, 0.05) is 12.5 Å². The van der Waals surface area contributed by atoms with Gasteiger partial charge in [-0.15, -0.1) is 0 Å². The average Bonchev–Trinajstić information content (AvgIpc) is 1.98. The third-order valence-electron chi connectivity index (χ3n) is 1.84. The average molecular weight is 236 g/mol. The summed E-state index contributed by atoms with van der Waals surface area (Å²) in [6, 6.07) is 0. The molecule has 0 aliphatic carbocycles. The van der Waals surface area contributed by atoms with E-state index in [9.17, 15) is 9.59 Å². The molecule has 0 N–H and O–H groups in total. The summed E-state index contributed by atoms with van der Waals surface area (Å²) >= 11 is 0. The van der Waals surface area contributed by atoms with Crippen LogP contribution in [0.1, 0.15) is 57.4 Å².